The Kier molecular flexibility index (Phi) is 4.53. The summed E-state index contributed by atoms with van der Waals surface area (Å²) < 4.78 is 13.6. The maximum Gasteiger partial charge on any atom is 0.144 e. The molecule has 1 aliphatic heterocycles. The predicted octanol–water partition coefficient (Wildman–Crippen LogP) is 2.98. The minimum Gasteiger partial charge on any atom is -0.397 e. The fourth-order valence-corrected chi connectivity index (χ4v) is 2.99. The van der Waals surface area contributed by atoms with Gasteiger partial charge in [0.15, 0.2) is 0 Å². The summed E-state index contributed by atoms with van der Waals surface area (Å²) in [6, 6.07) is 3.42. The van der Waals surface area contributed by atoms with E-state index in [9.17, 15) is 4.39 Å². The Morgan fingerprint density at radius 3 is 2.95 bits per heavy atom. The fourth-order valence-electron chi connectivity index (χ4n) is 2.81. The maximum absolute atomic E-state index is 13.6. The Balaban J connectivity index is 2.11. The molecule has 0 bridgehead atoms. The standard InChI is InChI=1S/C14H21ClFN3/c1-3-19-6-4-5-10(19)9-18(2)14-8-12(16)11(15)7-13(14)17/h7-8,10H,3-6,9,17H2,1-2H3. The molecule has 1 saturated heterocycles. The summed E-state index contributed by atoms with van der Waals surface area (Å²) in [7, 11) is 1.95. The molecule has 0 aromatic heterocycles. The highest BCUT2D eigenvalue weighted by molar-refractivity contribution is 6.31. The van der Waals surface area contributed by atoms with Crippen molar-refractivity contribution in [2.75, 3.05) is 37.3 Å². The monoisotopic (exact) mass is 285 g/mol. The van der Waals surface area contributed by atoms with E-state index in [0.717, 1.165) is 19.6 Å². The highest BCUT2D eigenvalue weighted by Gasteiger charge is 2.24. The molecule has 0 radical (unpaired) electrons. The van der Waals surface area contributed by atoms with Crippen LogP contribution in [0.5, 0.6) is 0 Å². The number of nitrogen functional groups attached to an aromatic ring is 1. The predicted molar refractivity (Wildman–Crippen MR) is 79.4 cm³/mol. The molecule has 1 heterocycles. The zero-order valence-electron chi connectivity index (χ0n) is 11.5. The molecule has 1 aliphatic rings. The van der Waals surface area contributed by atoms with Crippen LogP contribution < -0.4 is 10.6 Å². The first-order chi connectivity index (χ1) is 9.02. The molecule has 106 valence electrons. The van der Waals surface area contributed by atoms with E-state index in [1.165, 1.54) is 25.0 Å². The number of anilines is 2. The van der Waals surface area contributed by atoms with Crippen LogP contribution in [0.15, 0.2) is 12.1 Å². The second kappa shape index (κ2) is 5.97. The molecule has 1 unspecified atom stereocenters. The second-order valence-corrected chi connectivity index (χ2v) is 5.54. The summed E-state index contributed by atoms with van der Waals surface area (Å²) in [5, 5.41) is 0.0747. The minimum absolute atomic E-state index is 0.0747. The maximum atomic E-state index is 13.6. The quantitative estimate of drug-likeness (QED) is 0.863. The van der Waals surface area contributed by atoms with Crippen molar-refractivity contribution in [1.29, 1.82) is 0 Å². The lowest BCUT2D eigenvalue weighted by molar-refractivity contribution is 0.270. The number of nitrogens with zero attached hydrogens (tertiary/aromatic N) is 2. The number of likely N-dealkylation sites (N-methyl/N-ethyl adjacent to an activating group) is 2. The molecule has 0 spiro atoms. The summed E-state index contributed by atoms with van der Waals surface area (Å²) in [6.07, 6.45) is 2.42. The van der Waals surface area contributed by atoms with Gasteiger partial charge in [0.1, 0.15) is 5.82 Å². The van der Waals surface area contributed by atoms with Crippen LogP contribution in [0.3, 0.4) is 0 Å². The zero-order chi connectivity index (χ0) is 14.0. The smallest absolute Gasteiger partial charge is 0.144 e. The zero-order valence-corrected chi connectivity index (χ0v) is 12.3. The third-order valence-corrected chi connectivity index (χ3v) is 4.16. The average molecular weight is 286 g/mol. The van der Waals surface area contributed by atoms with Gasteiger partial charge < -0.3 is 10.6 Å². The largest absolute Gasteiger partial charge is 0.397 e. The van der Waals surface area contributed by atoms with Gasteiger partial charge in [0.05, 0.1) is 16.4 Å². The van der Waals surface area contributed by atoms with Crippen molar-refractivity contribution in [3.8, 4) is 0 Å². The molecule has 2 N–H and O–H groups in total. The van der Waals surface area contributed by atoms with E-state index in [0.29, 0.717) is 17.4 Å². The average Bonchev–Trinajstić information content (AvgIpc) is 2.80. The SMILES string of the molecule is CCN1CCCC1CN(C)c1cc(F)c(Cl)cc1N. The molecule has 3 nitrogen and oxygen atoms in total. The van der Waals surface area contributed by atoms with Crippen LogP contribution in [0.25, 0.3) is 0 Å². The van der Waals surface area contributed by atoms with Crippen molar-refractivity contribution in [2.45, 2.75) is 25.8 Å². The highest BCUT2D eigenvalue weighted by Crippen LogP contribution is 2.29. The molecule has 19 heavy (non-hydrogen) atoms. The van der Waals surface area contributed by atoms with E-state index in [2.05, 4.69) is 11.8 Å². The number of benzene rings is 1. The van der Waals surface area contributed by atoms with E-state index in [-0.39, 0.29) is 5.02 Å². The van der Waals surface area contributed by atoms with Gasteiger partial charge in [-0.25, -0.2) is 4.39 Å². The Morgan fingerprint density at radius 2 is 2.26 bits per heavy atom. The Bertz CT molecular complexity index is 453. The molecule has 0 aliphatic carbocycles. The first-order valence-electron chi connectivity index (χ1n) is 6.72. The van der Waals surface area contributed by atoms with Crippen molar-refractivity contribution in [1.82, 2.24) is 4.90 Å². The molecular weight excluding hydrogens is 265 g/mol. The van der Waals surface area contributed by atoms with E-state index >= 15 is 0 Å². The normalized spacial score (nSPS) is 19.9. The Labute approximate surface area is 119 Å². The lowest BCUT2D eigenvalue weighted by Gasteiger charge is -2.29. The molecule has 0 saturated carbocycles. The highest BCUT2D eigenvalue weighted by atomic mass is 35.5. The van der Waals surface area contributed by atoms with Gasteiger partial charge in [-0.3, -0.25) is 4.90 Å². The van der Waals surface area contributed by atoms with Gasteiger partial charge >= 0.3 is 0 Å². The number of rotatable bonds is 4. The Hall–Kier alpha value is -1.00. The van der Waals surface area contributed by atoms with Gasteiger partial charge in [-0.05, 0) is 32.0 Å². The Morgan fingerprint density at radius 1 is 1.53 bits per heavy atom. The first kappa shape index (κ1) is 14.4. The molecule has 2 rings (SSSR count). The van der Waals surface area contributed by atoms with Crippen molar-refractivity contribution < 1.29 is 4.39 Å². The number of nitrogens with two attached hydrogens (primary N) is 1. The molecule has 5 heteroatoms. The van der Waals surface area contributed by atoms with Gasteiger partial charge in [0.25, 0.3) is 0 Å². The topological polar surface area (TPSA) is 32.5 Å². The van der Waals surface area contributed by atoms with Crippen LogP contribution in [0.4, 0.5) is 15.8 Å². The van der Waals surface area contributed by atoms with Gasteiger partial charge in [-0.1, -0.05) is 18.5 Å². The number of likely N-dealkylation sites (tertiary alicyclic amines) is 1. The first-order valence-corrected chi connectivity index (χ1v) is 7.10. The van der Waals surface area contributed by atoms with E-state index in [1.54, 1.807) is 0 Å². The van der Waals surface area contributed by atoms with Crippen molar-refractivity contribution >= 4 is 23.0 Å². The van der Waals surface area contributed by atoms with Gasteiger partial charge in [-0.2, -0.15) is 0 Å². The fraction of sp³-hybridized carbons (Fsp3) is 0.571. The molecule has 1 atom stereocenters. The van der Waals surface area contributed by atoms with E-state index < -0.39 is 5.82 Å². The lowest BCUT2D eigenvalue weighted by Crippen LogP contribution is -2.39. The molecule has 1 aromatic carbocycles. The van der Waals surface area contributed by atoms with E-state index in [1.807, 2.05) is 11.9 Å². The number of hydrogen-bond donors (Lipinski definition) is 1. The van der Waals surface area contributed by atoms with Crippen LogP contribution in [0.2, 0.25) is 5.02 Å². The van der Waals surface area contributed by atoms with E-state index in [4.69, 9.17) is 17.3 Å². The van der Waals surface area contributed by atoms with Crippen molar-refractivity contribution in [3.05, 3.63) is 23.0 Å². The van der Waals surface area contributed by atoms with Crippen LogP contribution in [0, 0.1) is 5.82 Å². The number of hydrogen-bond acceptors (Lipinski definition) is 3. The summed E-state index contributed by atoms with van der Waals surface area (Å²) in [5.41, 5.74) is 7.16. The molecule has 0 amide bonds. The second-order valence-electron chi connectivity index (χ2n) is 5.13. The lowest BCUT2D eigenvalue weighted by atomic mass is 10.2. The molecular formula is C14H21ClFN3. The minimum atomic E-state index is -0.420. The number of halogens is 2. The van der Waals surface area contributed by atoms with Gasteiger partial charge in [0.2, 0.25) is 0 Å². The van der Waals surface area contributed by atoms with Crippen LogP contribution in [0.1, 0.15) is 19.8 Å². The van der Waals surface area contributed by atoms with Gasteiger partial charge in [0, 0.05) is 25.7 Å². The van der Waals surface area contributed by atoms with Crippen LogP contribution in [-0.2, 0) is 0 Å². The summed E-state index contributed by atoms with van der Waals surface area (Å²) in [6.45, 7) is 5.25. The van der Waals surface area contributed by atoms with Crippen molar-refractivity contribution in [3.63, 3.8) is 0 Å². The van der Waals surface area contributed by atoms with Crippen molar-refractivity contribution in [2.24, 2.45) is 0 Å². The summed E-state index contributed by atoms with van der Waals surface area (Å²) in [4.78, 5) is 4.48. The summed E-state index contributed by atoms with van der Waals surface area (Å²) in [5.74, 6) is -0.420. The third-order valence-electron chi connectivity index (χ3n) is 3.87. The molecule has 1 fully saturated rings. The summed E-state index contributed by atoms with van der Waals surface area (Å²) >= 11 is 5.72. The van der Waals surface area contributed by atoms with Crippen LogP contribution in [-0.4, -0.2) is 37.6 Å². The molecule has 1 aromatic rings. The van der Waals surface area contributed by atoms with Crippen LogP contribution >= 0.6 is 11.6 Å². The third kappa shape index (κ3) is 3.12. The van der Waals surface area contributed by atoms with Gasteiger partial charge in [-0.15, -0.1) is 0 Å².